The lowest BCUT2D eigenvalue weighted by atomic mass is 9.82. The number of Topliss-reactive ketones (excluding diaryl/α,β-unsaturated/α-hetero) is 1. The van der Waals surface area contributed by atoms with Gasteiger partial charge in [-0.3, -0.25) is 9.10 Å². The molecule has 2 aliphatic heterocycles. The number of carbonyl (C=O) groups is 1. The van der Waals surface area contributed by atoms with Crippen LogP contribution in [0.15, 0.2) is 66.9 Å². The summed E-state index contributed by atoms with van der Waals surface area (Å²) in [5.41, 5.74) is 6.35. The van der Waals surface area contributed by atoms with Gasteiger partial charge < -0.3 is 14.4 Å². The molecule has 1 N–H and O–H groups in total. The lowest BCUT2D eigenvalue weighted by Gasteiger charge is -2.29. The monoisotopic (exact) mass is 642 g/mol. The molecular weight excluding hydrogens is 596 g/mol. The second kappa shape index (κ2) is 12.5. The molecule has 8 heteroatoms. The van der Waals surface area contributed by atoms with Gasteiger partial charge in [0.15, 0.2) is 5.78 Å². The van der Waals surface area contributed by atoms with Gasteiger partial charge in [-0.1, -0.05) is 55.5 Å². The number of hydrogen-bond donors (Lipinski definition) is 1. The first-order chi connectivity index (χ1) is 21.9. The highest BCUT2D eigenvalue weighted by molar-refractivity contribution is 7.94. The van der Waals surface area contributed by atoms with Gasteiger partial charge in [0.1, 0.15) is 10.5 Å². The van der Waals surface area contributed by atoms with Gasteiger partial charge in [-0.2, -0.15) is 0 Å². The number of aliphatic hydroxyl groups excluding tert-OH is 1. The first-order valence-corrected chi connectivity index (χ1v) is 18.0. The molecule has 1 aromatic heterocycles. The lowest BCUT2D eigenvalue weighted by molar-refractivity contribution is 0.0730. The summed E-state index contributed by atoms with van der Waals surface area (Å²) in [5.74, 6) is 0.880. The quantitative estimate of drug-likeness (QED) is 0.185. The van der Waals surface area contributed by atoms with E-state index in [-0.39, 0.29) is 18.1 Å². The van der Waals surface area contributed by atoms with Crippen LogP contribution in [0.2, 0.25) is 0 Å². The minimum absolute atomic E-state index is 0.0886. The maximum Gasteiger partial charge on any atom is 0.241 e. The maximum absolute atomic E-state index is 14.2. The molecular formula is C38H46N2O5S. The molecule has 3 atom stereocenters. The fourth-order valence-electron chi connectivity index (χ4n) is 7.46. The topological polar surface area (TPSA) is 88.8 Å². The van der Waals surface area contributed by atoms with E-state index in [1.54, 1.807) is 27.0 Å². The molecule has 0 unspecified atom stereocenters. The van der Waals surface area contributed by atoms with Crippen molar-refractivity contribution >= 4 is 32.4 Å². The van der Waals surface area contributed by atoms with Crippen LogP contribution in [0.25, 0.3) is 10.9 Å². The lowest BCUT2D eigenvalue weighted by Crippen LogP contribution is -2.44. The molecule has 3 heterocycles. The number of rotatable bonds is 10. The molecule has 7 nitrogen and oxygen atoms in total. The summed E-state index contributed by atoms with van der Waals surface area (Å²) in [6.07, 6.45) is 5.15. The number of ether oxygens (including phenoxy) is 1. The van der Waals surface area contributed by atoms with Crippen LogP contribution in [-0.2, 0) is 29.4 Å². The Labute approximate surface area is 273 Å². The van der Waals surface area contributed by atoms with Crippen LogP contribution < -0.4 is 9.04 Å². The maximum atomic E-state index is 14.2. The first-order valence-electron chi connectivity index (χ1n) is 16.5. The van der Waals surface area contributed by atoms with Crippen molar-refractivity contribution in [1.29, 1.82) is 0 Å². The highest BCUT2D eigenvalue weighted by atomic mass is 32.2. The molecule has 3 aromatic carbocycles. The van der Waals surface area contributed by atoms with Gasteiger partial charge >= 0.3 is 0 Å². The van der Waals surface area contributed by atoms with Crippen molar-refractivity contribution in [1.82, 2.24) is 4.57 Å². The number of fused-ring (bicyclic) bond motifs is 1. The highest BCUT2D eigenvalue weighted by Crippen LogP contribution is 2.41. The number of benzene rings is 3. The minimum atomic E-state index is -3.69. The van der Waals surface area contributed by atoms with E-state index < -0.39 is 20.9 Å². The van der Waals surface area contributed by atoms with Gasteiger partial charge in [-0.05, 0) is 99.1 Å². The smallest absolute Gasteiger partial charge is 0.241 e. The van der Waals surface area contributed by atoms with Crippen LogP contribution in [0.1, 0.15) is 85.0 Å². The molecule has 2 aliphatic rings. The SMILES string of the molecule is CCc1cn2c3c(cc(C(=O)C[C@@H](Cc4ccccc4)[C@H](O)CC[C@H]4CCOc5c(C)cccc54)cc13)N(C)S(=O)(=O)C(C)(C)C2. The van der Waals surface area contributed by atoms with E-state index >= 15 is 0 Å². The molecule has 0 saturated carbocycles. The van der Waals surface area contributed by atoms with Gasteiger partial charge in [0.2, 0.25) is 10.0 Å². The third kappa shape index (κ3) is 5.86. The molecule has 0 bridgehead atoms. The summed E-state index contributed by atoms with van der Waals surface area (Å²) >= 11 is 0. The molecule has 0 fully saturated rings. The number of aromatic nitrogens is 1. The van der Waals surface area contributed by atoms with E-state index in [2.05, 4.69) is 32.0 Å². The van der Waals surface area contributed by atoms with Crippen LogP contribution in [0.4, 0.5) is 5.69 Å². The Bertz CT molecular complexity index is 1860. The fraction of sp³-hybridized carbons (Fsp3) is 0.447. The summed E-state index contributed by atoms with van der Waals surface area (Å²) in [7, 11) is -2.10. The summed E-state index contributed by atoms with van der Waals surface area (Å²) < 4.78 is 35.7. The van der Waals surface area contributed by atoms with Gasteiger partial charge in [0, 0.05) is 37.2 Å². The second-order valence-corrected chi connectivity index (χ2v) is 16.4. The Hall–Kier alpha value is -3.62. The van der Waals surface area contributed by atoms with Crippen LogP contribution in [0, 0.1) is 12.8 Å². The standard InChI is InChI=1S/C38H46N2O5S/c1-6-27-23-40-24-38(3,4)46(43,44)39(5)33-21-30(20-32(27)36(33)40)35(42)22-29(19-26-12-8-7-9-13-26)34(41)16-15-28-17-18-45-37-25(2)11-10-14-31(28)37/h7-14,20-21,23,28-29,34,41H,6,15-19,22,24H2,1-5H3/t28-,29+,34+/m0/s1. The molecule has 0 amide bonds. The van der Waals surface area contributed by atoms with Crippen LogP contribution >= 0.6 is 0 Å². The summed E-state index contributed by atoms with van der Waals surface area (Å²) in [4.78, 5) is 14.2. The predicted molar refractivity (Wildman–Crippen MR) is 185 cm³/mol. The van der Waals surface area contributed by atoms with E-state index in [9.17, 15) is 18.3 Å². The average Bonchev–Trinajstić information content (AvgIpc) is 3.37. The number of sulfonamides is 1. The Balaban J connectivity index is 1.30. The number of carbonyl (C=O) groups excluding carboxylic acids is 1. The zero-order valence-corrected chi connectivity index (χ0v) is 28.4. The number of ketones is 1. The summed E-state index contributed by atoms with van der Waals surface area (Å²) in [5, 5.41) is 12.6. The van der Waals surface area contributed by atoms with Crippen LogP contribution in [-0.4, -0.2) is 48.4 Å². The van der Waals surface area contributed by atoms with E-state index in [1.807, 2.05) is 47.2 Å². The number of aliphatic hydroxyl groups is 1. The van der Waals surface area contributed by atoms with E-state index in [0.717, 1.165) is 52.6 Å². The van der Waals surface area contributed by atoms with E-state index in [1.165, 1.54) is 9.87 Å². The molecule has 6 rings (SSSR count). The molecule has 0 aliphatic carbocycles. The van der Waals surface area contributed by atoms with Gasteiger partial charge in [0.05, 0.1) is 23.9 Å². The van der Waals surface area contributed by atoms with Crippen molar-refractivity contribution in [3.05, 3.63) is 94.7 Å². The third-order valence-corrected chi connectivity index (χ3v) is 12.7. The number of nitrogens with zero attached hydrogens (tertiary/aromatic N) is 2. The third-order valence-electron chi connectivity index (χ3n) is 10.2. The van der Waals surface area contributed by atoms with E-state index in [4.69, 9.17) is 4.74 Å². The van der Waals surface area contributed by atoms with Crippen molar-refractivity contribution in [3.63, 3.8) is 0 Å². The van der Waals surface area contributed by atoms with Crippen molar-refractivity contribution in [2.45, 2.75) is 89.5 Å². The van der Waals surface area contributed by atoms with Gasteiger partial charge in [-0.15, -0.1) is 0 Å². The van der Waals surface area contributed by atoms with Gasteiger partial charge in [-0.25, -0.2) is 8.42 Å². The van der Waals surface area contributed by atoms with E-state index in [0.29, 0.717) is 43.2 Å². The predicted octanol–water partition coefficient (Wildman–Crippen LogP) is 7.21. The average molecular weight is 643 g/mol. The Morgan fingerprint density at radius 3 is 2.61 bits per heavy atom. The normalized spacial score (nSPS) is 19.6. The molecule has 4 aromatic rings. The largest absolute Gasteiger partial charge is 0.493 e. The number of para-hydroxylation sites is 1. The van der Waals surface area contributed by atoms with Crippen molar-refractivity contribution < 1.29 is 23.1 Å². The minimum Gasteiger partial charge on any atom is -0.493 e. The molecule has 0 radical (unpaired) electrons. The van der Waals surface area contributed by atoms with Crippen LogP contribution in [0.3, 0.4) is 0 Å². The fourth-order valence-corrected chi connectivity index (χ4v) is 8.91. The number of aryl methyl sites for hydroxylation is 2. The van der Waals surface area contributed by atoms with Crippen molar-refractivity contribution in [2.75, 3.05) is 18.0 Å². The molecule has 0 spiro atoms. The van der Waals surface area contributed by atoms with Crippen molar-refractivity contribution in [3.8, 4) is 5.75 Å². The second-order valence-electron chi connectivity index (χ2n) is 13.8. The number of hydrogen-bond acceptors (Lipinski definition) is 5. The Morgan fingerprint density at radius 1 is 1.11 bits per heavy atom. The van der Waals surface area contributed by atoms with Crippen LogP contribution in [0.5, 0.6) is 5.75 Å². The highest BCUT2D eigenvalue weighted by Gasteiger charge is 2.42. The Kier molecular flexibility index (Phi) is 8.81. The molecule has 0 saturated heterocycles. The van der Waals surface area contributed by atoms with Gasteiger partial charge in [0.25, 0.3) is 0 Å². The zero-order valence-electron chi connectivity index (χ0n) is 27.6. The molecule has 46 heavy (non-hydrogen) atoms. The zero-order chi connectivity index (χ0) is 32.8. The first kappa shape index (κ1) is 32.3. The molecule has 244 valence electrons. The summed E-state index contributed by atoms with van der Waals surface area (Å²) in [6, 6.07) is 20.0. The summed E-state index contributed by atoms with van der Waals surface area (Å²) in [6.45, 7) is 8.65. The number of anilines is 1. The Morgan fingerprint density at radius 2 is 1.87 bits per heavy atom. The van der Waals surface area contributed by atoms with Crippen molar-refractivity contribution in [2.24, 2.45) is 5.92 Å².